The van der Waals surface area contributed by atoms with Gasteiger partial charge in [-0.2, -0.15) is 0 Å². The number of ether oxygens (including phenoxy) is 1. The van der Waals surface area contributed by atoms with Crippen molar-refractivity contribution in [1.29, 1.82) is 0 Å². The minimum Gasteiger partial charge on any atom is -0.372 e. The zero-order chi connectivity index (χ0) is 9.45. The molecular weight excluding hydrogens is 150 g/mol. The molecule has 0 amide bonds. The first-order valence-corrected chi connectivity index (χ1v) is 4.42. The Balaban J connectivity index is 3.39. The van der Waals surface area contributed by atoms with Gasteiger partial charge in [0, 0.05) is 0 Å². The van der Waals surface area contributed by atoms with Crippen LogP contribution in [0.5, 0.6) is 0 Å². The molecule has 0 aliphatic heterocycles. The normalized spacial score (nSPS) is 11.6. The summed E-state index contributed by atoms with van der Waals surface area (Å²) in [6, 6.07) is 0. The molecule has 0 aromatic rings. The Morgan fingerprint density at radius 3 is 2.50 bits per heavy atom. The Morgan fingerprint density at radius 1 is 1.33 bits per heavy atom. The highest BCUT2D eigenvalue weighted by Gasteiger charge is 2.11. The van der Waals surface area contributed by atoms with Crippen LogP contribution in [0.25, 0.3) is 0 Å². The van der Waals surface area contributed by atoms with E-state index in [-0.39, 0.29) is 0 Å². The number of rotatable bonds is 7. The molecular formula is C10H21NO+. The van der Waals surface area contributed by atoms with Gasteiger partial charge in [-0.25, -0.2) is 0 Å². The molecule has 0 aromatic carbocycles. The molecule has 0 rings (SSSR count). The lowest BCUT2D eigenvalue weighted by Crippen LogP contribution is -2.42. The van der Waals surface area contributed by atoms with Crippen molar-refractivity contribution in [1.82, 2.24) is 0 Å². The van der Waals surface area contributed by atoms with Crippen molar-refractivity contribution in [3.63, 3.8) is 0 Å². The molecule has 0 fully saturated rings. The van der Waals surface area contributed by atoms with Gasteiger partial charge in [0.1, 0.15) is 6.54 Å². The highest BCUT2D eigenvalue weighted by atomic mass is 16.5. The van der Waals surface area contributed by atoms with Crippen molar-refractivity contribution in [2.75, 3.05) is 40.4 Å². The zero-order valence-electron chi connectivity index (χ0n) is 8.38. The highest BCUT2D eigenvalue weighted by molar-refractivity contribution is 4.63. The lowest BCUT2D eigenvalue weighted by Gasteiger charge is -2.28. The summed E-state index contributed by atoms with van der Waals surface area (Å²) in [6.45, 7) is 11.0. The fourth-order valence-electron chi connectivity index (χ4n) is 1.02. The summed E-state index contributed by atoms with van der Waals surface area (Å²) in [5.41, 5.74) is 0. The molecule has 71 valence electrons. The van der Waals surface area contributed by atoms with E-state index in [1.807, 2.05) is 0 Å². The monoisotopic (exact) mass is 171 g/mol. The first kappa shape index (κ1) is 11.7. The average molecular weight is 171 g/mol. The van der Waals surface area contributed by atoms with E-state index in [0.29, 0.717) is 6.61 Å². The lowest BCUT2D eigenvalue weighted by molar-refractivity contribution is -0.890. The van der Waals surface area contributed by atoms with Gasteiger partial charge in [-0.15, -0.1) is 6.58 Å². The molecule has 0 saturated carbocycles. The van der Waals surface area contributed by atoms with Crippen molar-refractivity contribution in [2.24, 2.45) is 0 Å². The predicted molar refractivity (Wildman–Crippen MR) is 52.8 cm³/mol. The molecule has 0 saturated heterocycles. The lowest BCUT2D eigenvalue weighted by atomic mass is 10.4. The Kier molecular flexibility index (Phi) is 6.03. The predicted octanol–water partition coefficient (Wildman–Crippen LogP) is 1.49. The first-order valence-electron chi connectivity index (χ1n) is 4.42. The summed E-state index contributed by atoms with van der Waals surface area (Å²) in [6.07, 6.45) is 2.76. The van der Waals surface area contributed by atoms with E-state index in [1.165, 1.54) is 0 Å². The second-order valence-corrected chi connectivity index (χ2v) is 3.60. The number of nitrogens with zero attached hydrogens (tertiary/aromatic N) is 1. The minimum absolute atomic E-state index is 0.657. The van der Waals surface area contributed by atoms with E-state index in [4.69, 9.17) is 4.74 Å². The summed E-state index contributed by atoms with van der Waals surface area (Å²) in [4.78, 5) is 0. The maximum atomic E-state index is 5.31. The van der Waals surface area contributed by atoms with Crippen LogP contribution in [0.3, 0.4) is 0 Å². The summed E-state index contributed by atoms with van der Waals surface area (Å²) >= 11 is 0. The van der Waals surface area contributed by atoms with Crippen LogP contribution in [0.15, 0.2) is 12.7 Å². The van der Waals surface area contributed by atoms with Crippen LogP contribution in [-0.4, -0.2) is 44.9 Å². The van der Waals surface area contributed by atoms with Crippen LogP contribution in [0.4, 0.5) is 0 Å². The summed E-state index contributed by atoms with van der Waals surface area (Å²) in [7, 11) is 4.39. The molecule has 0 aromatic heterocycles. The van der Waals surface area contributed by atoms with E-state index < -0.39 is 0 Å². The van der Waals surface area contributed by atoms with Gasteiger partial charge < -0.3 is 9.22 Å². The van der Waals surface area contributed by atoms with Gasteiger partial charge >= 0.3 is 0 Å². The van der Waals surface area contributed by atoms with Gasteiger partial charge in [0.25, 0.3) is 0 Å². The van der Waals surface area contributed by atoms with Crippen LogP contribution in [0, 0.1) is 6.92 Å². The maximum Gasteiger partial charge on any atom is 0.102 e. The van der Waals surface area contributed by atoms with Crippen LogP contribution in [-0.2, 0) is 4.74 Å². The van der Waals surface area contributed by atoms with E-state index >= 15 is 0 Å². The van der Waals surface area contributed by atoms with Crippen LogP contribution in [0.1, 0.15) is 6.42 Å². The zero-order valence-corrected chi connectivity index (χ0v) is 8.38. The second kappa shape index (κ2) is 6.21. The smallest absolute Gasteiger partial charge is 0.102 e. The van der Waals surface area contributed by atoms with Gasteiger partial charge in [-0.3, -0.25) is 0 Å². The molecule has 0 spiro atoms. The Bertz CT molecular complexity index is 121. The van der Waals surface area contributed by atoms with Gasteiger partial charge in [0.05, 0.1) is 33.9 Å². The van der Waals surface area contributed by atoms with Gasteiger partial charge in [0.15, 0.2) is 0 Å². The van der Waals surface area contributed by atoms with E-state index in [9.17, 15) is 0 Å². The molecule has 0 N–H and O–H groups in total. The van der Waals surface area contributed by atoms with E-state index in [2.05, 4.69) is 27.6 Å². The Morgan fingerprint density at radius 2 is 2.00 bits per heavy atom. The maximum absolute atomic E-state index is 5.31. The largest absolute Gasteiger partial charge is 0.372 e. The molecule has 0 aliphatic rings. The van der Waals surface area contributed by atoms with E-state index in [0.717, 1.165) is 30.6 Å². The van der Waals surface area contributed by atoms with Crippen LogP contribution < -0.4 is 0 Å². The summed E-state index contributed by atoms with van der Waals surface area (Å²) < 4.78 is 6.30. The molecule has 0 heterocycles. The first-order chi connectivity index (χ1) is 5.62. The molecule has 0 aliphatic carbocycles. The number of likely N-dealkylation sites (N-methyl/N-ethyl adjacent to an activating group) is 1. The fourth-order valence-corrected chi connectivity index (χ4v) is 1.02. The van der Waals surface area contributed by atoms with Gasteiger partial charge in [-0.1, -0.05) is 6.08 Å². The van der Waals surface area contributed by atoms with Gasteiger partial charge in [-0.05, 0) is 13.3 Å². The molecule has 1 radical (unpaired) electrons. The molecule has 2 nitrogen and oxygen atoms in total. The Hall–Kier alpha value is -0.340. The van der Waals surface area contributed by atoms with E-state index in [1.54, 1.807) is 6.08 Å². The third-order valence-electron chi connectivity index (χ3n) is 1.84. The number of hydrogen-bond donors (Lipinski definition) is 0. The third-order valence-corrected chi connectivity index (χ3v) is 1.84. The topological polar surface area (TPSA) is 9.23 Å². The quantitative estimate of drug-likeness (QED) is 0.320. The molecule has 0 unspecified atom stereocenters. The third kappa shape index (κ3) is 6.38. The fraction of sp³-hybridized carbons (Fsp3) is 0.700. The molecule has 12 heavy (non-hydrogen) atoms. The van der Waals surface area contributed by atoms with Crippen molar-refractivity contribution in [3.8, 4) is 0 Å². The van der Waals surface area contributed by atoms with Crippen LogP contribution >= 0.6 is 0 Å². The Labute approximate surface area is 76.4 Å². The van der Waals surface area contributed by atoms with Crippen molar-refractivity contribution >= 4 is 0 Å². The second-order valence-electron chi connectivity index (χ2n) is 3.60. The van der Waals surface area contributed by atoms with Gasteiger partial charge in [0.2, 0.25) is 0 Å². The van der Waals surface area contributed by atoms with Crippen LogP contribution in [0.2, 0.25) is 0 Å². The standard InChI is InChI=1S/C10H21NO/c1-5-7-11(3,4)8-10-12-9-6-2/h6H,1-2,5,7-10H2,3-4H3/q+1. The average Bonchev–Trinajstić information content (AvgIpc) is 1.98. The number of hydrogen-bond acceptors (Lipinski definition) is 1. The minimum atomic E-state index is 0.657. The molecule has 2 heteroatoms. The van der Waals surface area contributed by atoms with Crippen molar-refractivity contribution in [3.05, 3.63) is 19.6 Å². The highest BCUT2D eigenvalue weighted by Crippen LogP contribution is 1.98. The van der Waals surface area contributed by atoms with Crippen molar-refractivity contribution in [2.45, 2.75) is 6.42 Å². The number of quaternary nitrogens is 1. The molecule has 0 bridgehead atoms. The SMILES string of the molecule is [CH2]CC[N+](C)(C)CCOCC=C. The summed E-state index contributed by atoms with van der Waals surface area (Å²) in [5, 5.41) is 0. The molecule has 0 atom stereocenters. The van der Waals surface area contributed by atoms with Crippen molar-refractivity contribution < 1.29 is 9.22 Å². The summed E-state index contributed by atoms with van der Waals surface area (Å²) in [5.74, 6) is 0.